The van der Waals surface area contributed by atoms with Gasteiger partial charge in [-0.05, 0) is 30.2 Å². The predicted molar refractivity (Wildman–Crippen MR) is 95.7 cm³/mol. The SMILES string of the molecule is CCCCn1nc(C(=O)N(C)Cc2ccc(Cl)c(Cl)c2)ccc1=O. The van der Waals surface area contributed by atoms with Crippen molar-refractivity contribution in [3.05, 3.63) is 62.0 Å². The molecule has 0 spiro atoms. The highest BCUT2D eigenvalue weighted by Crippen LogP contribution is 2.23. The summed E-state index contributed by atoms with van der Waals surface area (Å²) < 4.78 is 1.34. The monoisotopic (exact) mass is 367 g/mol. The molecule has 1 aromatic heterocycles. The fourth-order valence-electron chi connectivity index (χ4n) is 2.21. The lowest BCUT2D eigenvalue weighted by atomic mass is 10.2. The third-order valence-electron chi connectivity index (χ3n) is 3.56. The molecule has 0 unspecified atom stereocenters. The number of aromatic nitrogens is 2. The Labute approximate surface area is 150 Å². The maximum absolute atomic E-state index is 12.5. The van der Waals surface area contributed by atoms with E-state index < -0.39 is 0 Å². The summed E-state index contributed by atoms with van der Waals surface area (Å²) in [7, 11) is 1.67. The second kappa shape index (κ2) is 8.31. The lowest BCUT2D eigenvalue weighted by molar-refractivity contribution is 0.0776. The van der Waals surface area contributed by atoms with Crippen LogP contribution in [0.4, 0.5) is 0 Å². The number of aryl methyl sites for hydroxylation is 1. The Bertz CT molecular complexity index is 790. The van der Waals surface area contributed by atoms with Crippen LogP contribution in [0.15, 0.2) is 35.1 Å². The summed E-state index contributed by atoms with van der Waals surface area (Å²) in [5.41, 5.74) is 0.903. The van der Waals surface area contributed by atoms with Crippen LogP contribution < -0.4 is 5.56 Å². The Hall–Kier alpha value is -1.85. The third-order valence-corrected chi connectivity index (χ3v) is 4.30. The second-order valence-electron chi connectivity index (χ2n) is 5.54. The first kappa shape index (κ1) is 18.5. The predicted octanol–water partition coefficient (Wildman–Crippen LogP) is 3.62. The number of carbonyl (C=O) groups excluding carboxylic acids is 1. The second-order valence-corrected chi connectivity index (χ2v) is 6.36. The molecule has 0 bridgehead atoms. The maximum Gasteiger partial charge on any atom is 0.274 e. The molecule has 2 rings (SSSR count). The van der Waals surface area contributed by atoms with E-state index in [1.165, 1.54) is 21.7 Å². The van der Waals surface area contributed by atoms with E-state index in [1.54, 1.807) is 19.2 Å². The largest absolute Gasteiger partial charge is 0.336 e. The van der Waals surface area contributed by atoms with Crippen LogP contribution in [0.3, 0.4) is 0 Å². The topological polar surface area (TPSA) is 55.2 Å². The standard InChI is InChI=1S/C17H19Cl2N3O2/c1-3-4-9-22-16(23)8-7-15(20-22)17(24)21(2)11-12-5-6-13(18)14(19)10-12/h5-8,10H,3-4,9,11H2,1-2H3. The van der Waals surface area contributed by atoms with Crippen LogP contribution in [-0.4, -0.2) is 27.6 Å². The molecule has 7 heteroatoms. The highest BCUT2D eigenvalue weighted by Gasteiger charge is 2.15. The van der Waals surface area contributed by atoms with E-state index in [0.717, 1.165) is 18.4 Å². The number of hydrogen-bond donors (Lipinski definition) is 0. The number of halogens is 2. The van der Waals surface area contributed by atoms with Crippen molar-refractivity contribution in [3.63, 3.8) is 0 Å². The average molecular weight is 368 g/mol. The Morgan fingerprint density at radius 1 is 1.21 bits per heavy atom. The molecule has 24 heavy (non-hydrogen) atoms. The zero-order chi connectivity index (χ0) is 17.7. The Balaban J connectivity index is 2.15. The van der Waals surface area contributed by atoms with Gasteiger partial charge in [-0.15, -0.1) is 0 Å². The van der Waals surface area contributed by atoms with E-state index in [0.29, 0.717) is 23.1 Å². The normalized spacial score (nSPS) is 10.7. The Morgan fingerprint density at radius 2 is 1.96 bits per heavy atom. The number of carbonyl (C=O) groups is 1. The first-order valence-corrected chi connectivity index (χ1v) is 8.45. The van der Waals surface area contributed by atoms with Crippen LogP contribution in [0.1, 0.15) is 35.8 Å². The fourth-order valence-corrected chi connectivity index (χ4v) is 2.53. The number of amides is 1. The fraction of sp³-hybridized carbons (Fsp3) is 0.353. The van der Waals surface area contributed by atoms with Crippen LogP contribution in [0, 0.1) is 0 Å². The minimum absolute atomic E-state index is 0.202. The van der Waals surface area contributed by atoms with Gasteiger partial charge in [0, 0.05) is 26.2 Å². The zero-order valence-electron chi connectivity index (χ0n) is 13.6. The van der Waals surface area contributed by atoms with E-state index in [2.05, 4.69) is 5.10 Å². The van der Waals surface area contributed by atoms with Gasteiger partial charge in [0.2, 0.25) is 0 Å². The molecule has 1 heterocycles. The van der Waals surface area contributed by atoms with Crippen LogP contribution >= 0.6 is 23.2 Å². The minimum atomic E-state index is -0.258. The molecular weight excluding hydrogens is 349 g/mol. The molecule has 0 radical (unpaired) electrons. The number of hydrogen-bond acceptors (Lipinski definition) is 3. The molecule has 0 aliphatic rings. The smallest absolute Gasteiger partial charge is 0.274 e. The van der Waals surface area contributed by atoms with Crippen molar-refractivity contribution in [3.8, 4) is 0 Å². The van der Waals surface area contributed by atoms with Gasteiger partial charge in [-0.2, -0.15) is 5.10 Å². The lowest BCUT2D eigenvalue weighted by Crippen LogP contribution is -2.31. The van der Waals surface area contributed by atoms with Gasteiger partial charge in [0.15, 0.2) is 0 Å². The quantitative estimate of drug-likeness (QED) is 0.783. The highest BCUT2D eigenvalue weighted by molar-refractivity contribution is 6.42. The van der Waals surface area contributed by atoms with E-state index in [9.17, 15) is 9.59 Å². The number of benzene rings is 1. The summed E-state index contributed by atoms with van der Waals surface area (Å²) in [6.45, 7) is 2.91. The molecule has 0 atom stereocenters. The van der Waals surface area contributed by atoms with Gasteiger partial charge in [-0.3, -0.25) is 9.59 Å². The molecule has 0 fully saturated rings. The van der Waals surface area contributed by atoms with E-state index >= 15 is 0 Å². The van der Waals surface area contributed by atoms with Crippen molar-refractivity contribution in [2.45, 2.75) is 32.9 Å². The number of rotatable bonds is 6. The Kier molecular flexibility index (Phi) is 6.40. The Morgan fingerprint density at radius 3 is 2.62 bits per heavy atom. The van der Waals surface area contributed by atoms with Gasteiger partial charge in [-0.25, -0.2) is 4.68 Å². The van der Waals surface area contributed by atoms with Crippen LogP contribution in [-0.2, 0) is 13.1 Å². The van der Waals surface area contributed by atoms with Gasteiger partial charge in [0.05, 0.1) is 10.0 Å². The van der Waals surface area contributed by atoms with Crippen LogP contribution in [0.2, 0.25) is 10.0 Å². The van der Waals surface area contributed by atoms with Crippen molar-refractivity contribution in [1.82, 2.24) is 14.7 Å². The molecule has 0 saturated heterocycles. The van der Waals surface area contributed by atoms with Crippen molar-refractivity contribution >= 4 is 29.1 Å². The van der Waals surface area contributed by atoms with Crippen molar-refractivity contribution in [2.24, 2.45) is 0 Å². The first-order valence-electron chi connectivity index (χ1n) is 7.70. The lowest BCUT2D eigenvalue weighted by Gasteiger charge is -2.17. The summed E-state index contributed by atoms with van der Waals surface area (Å²) in [6, 6.07) is 8.07. The van der Waals surface area contributed by atoms with Crippen molar-refractivity contribution < 1.29 is 4.79 Å². The first-order chi connectivity index (χ1) is 11.4. The molecular formula is C17H19Cl2N3O2. The maximum atomic E-state index is 12.5. The van der Waals surface area contributed by atoms with Gasteiger partial charge in [-0.1, -0.05) is 42.6 Å². The number of unbranched alkanes of at least 4 members (excludes halogenated alkanes) is 1. The van der Waals surface area contributed by atoms with Gasteiger partial charge >= 0.3 is 0 Å². The molecule has 0 saturated carbocycles. The molecule has 2 aromatic rings. The van der Waals surface area contributed by atoms with Gasteiger partial charge in [0.25, 0.3) is 11.5 Å². The van der Waals surface area contributed by atoms with Gasteiger partial charge in [0.1, 0.15) is 5.69 Å². The van der Waals surface area contributed by atoms with Gasteiger partial charge < -0.3 is 4.90 Å². The molecule has 0 aliphatic heterocycles. The molecule has 5 nitrogen and oxygen atoms in total. The molecule has 1 amide bonds. The molecule has 0 N–H and O–H groups in total. The van der Waals surface area contributed by atoms with E-state index in [-0.39, 0.29) is 17.2 Å². The van der Waals surface area contributed by atoms with Crippen molar-refractivity contribution in [1.29, 1.82) is 0 Å². The number of nitrogens with zero attached hydrogens (tertiary/aromatic N) is 3. The molecule has 0 aliphatic carbocycles. The summed E-state index contributed by atoms with van der Waals surface area (Å²) in [5, 5.41) is 5.09. The average Bonchev–Trinajstić information content (AvgIpc) is 2.56. The summed E-state index contributed by atoms with van der Waals surface area (Å²) in [6.07, 6.45) is 1.78. The molecule has 128 valence electrons. The summed E-state index contributed by atoms with van der Waals surface area (Å²) in [4.78, 5) is 25.8. The summed E-state index contributed by atoms with van der Waals surface area (Å²) >= 11 is 11.9. The third kappa shape index (κ3) is 4.58. The highest BCUT2D eigenvalue weighted by atomic mass is 35.5. The van der Waals surface area contributed by atoms with Crippen LogP contribution in [0.25, 0.3) is 0 Å². The summed E-state index contributed by atoms with van der Waals surface area (Å²) in [5.74, 6) is -0.258. The van der Waals surface area contributed by atoms with Crippen molar-refractivity contribution in [2.75, 3.05) is 7.05 Å². The van der Waals surface area contributed by atoms with E-state index in [1.807, 2.05) is 13.0 Å². The minimum Gasteiger partial charge on any atom is -0.336 e. The zero-order valence-corrected chi connectivity index (χ0v) is 15.1. The van der Waals surface area contributed by atoms with Crippen LogP contribution in [0.5, 0.6) is 0 Å². The van der Waals surface area contributed by atoms with E-state index in [4.69, 9.17) is 23.2 Å². The molecule has 1 aromatic carbocycles.